The fraction of sp³-hybridized carbons (Fsp3) is 0.433. The van der Waals surface area contributed by atoms with Crippen LogP contribution < -0.4 is 10.3 Å². The molecular formula is C30H36N2O4. The Labute approximate surface area is 212 Å². The molecule has 2 N–H and O–H groups in total. The lowest BCUT2D eigenvalue weighted by Gasteiger charge is -2.44. The lowest BCUT2D eigenvalue weighted by molar-refractivity contribution is 0.0867. The summed E-state index contributed by atoms with van der Waals surface area (Å²) < 4.78 is 5.79. The highest BCUT2D eigenvalue weighted by molar-refractivity contribution is 5.86. The van der Waals surface area contributed by atoms with Gasteiger partial charge in [-0.05, 0) is 94.4 Å². The topological polar surface area (TPSA) is 77.2 Å². The lowest BCUT2D eigenvalue weighted by atomic mass is 9.76. The number of phenolic OH excluding ortho intramolecular Hbond substituents is 2. The van der Waals surface area contributed by atoms with Crippen molar-refractivity contribution in [2.45, 2.75) is 51.0 Å². The zero-order valence-electron chi connectivity index (χ0n) is 21.5. The van der Waals surface area contributed by atoms with Gasteiger partial charge in [0.2, 0.25) is 5.75 Å². The first-order valence-corrected chi connectivity index (χ1v) is 13.0. The number of phenols is 2. The molecule has 2 bridgehead atoms. The molecule has 1 heterocycles. The van der Waals surface area contributed by atoms with Gasteiger partial charge >= 0.3 is 0 Å². The van der Waals surface area contributed by atoms with Crippen LogP contribution in [0.1, 0.15) is 45.4 Å². The van der Waals surface area contributed by atoms with Crippen LogP contribution in [0.3, 0.4) is 0 Å². The van der Waals surface area contributed by atoms with Crippen molar-refractivity contribution in [2.75, 3.05) is 32.1 Å². The van der Waals surface area contributed by atoms with Gasteiger partial charge in [0, 0.05) is 36.4 Å². The number of hydrogen-bond donors (Lipinski definition) is 2. The second kappa shape index (κ2) is 9.66. The molecule has 0 amide bonds. The second-order valence-electron chi connectivity index (χ2n) is 10.9. The molecule has 0 aliphatic heterocycles. The summed E-state index contributed by atoms with van der Waals surface area (Å²) in [5.41, 5.74) is 3.60. The van der Waals surface area contributed by atoms with Crippen molar-refractivity contribution >= 4 is 16.7 Å². The minimum atomic E-state index is -0.421. The van der Waals surface area contributed by atoms with Crippen LogP contribution >= 0.6 is 0 Å². The van der Waals surface area contributed by atoms with Gasteiger partial charge < -0.3 is 24.4 Å². The van der Waals surface area contributed by atoms with Gasteiger partial charge in [0.05, 0.1) is 5.39 Å². The Morgan fingerprint density at radius 2 is 1.81 bits per heavy atom. The van der Waals surface area contributed by atoms with Crippen molar-refractivity contribution < 1.29 is 14.6 Å². The van der Waals surface area contributed by atoms with E-state index in [2.05, 4.69) is 36.9 Å². The summed E-state index contributed by atoms with van der Waals surface area (Å²) in [6.45, 7) is 4.49. The maximum Gasteiger partial charge on any atom is 0.201 e. The summed E-state index contributed by atoms with van der Waals surface area (Å²) in [6.07, 6.45) is 9.87. The van der Waals surface area contributed by atoms with Crippen LogP contribution in [-0.4, -0.2) is 47.8 Å². The Kier molecular flexibility index (Phi) is 6.56. The van der Waals surface area contributed by atoms with Crippen molar-refractivity contribution in [3.8, 4) is 22.8 Å². The first-order valence-electron chi connectivity index (χ1n) is 13.0. The quantitative estimate of drug-likeness (QED) is 0.233. The number of nitrogens with zero attached hydrogens (tertiary/aromatic N) is 2. The Hall–Kier alpha value is -3.25. The van der Waals surface area contributed by atoms with Gasteiger partial charge in [-0.3, -0.25) is 4.79 Å². The monoisotopic (exact) mass is 488 g/mol. The third kappa shape index (κ3) is 4.62. The van der Waals surface area contributed by atoms with E-state index in [1.807, 2.05) is 24.3 Å². The predicted molar refractivity (Wildman–Crippen MR) is 145 cm³/mol. The Morgan fingerprint density at radius 1 is 1.06 bits per heavy atom. The molecular weight excluding hydrogens is 452 g/mol. The van der Waals surface area contributed by atoms with Gasteiger partial charge in [-0.2, -0.15) is 0 Å². The number of rotatable bonds is 8. The fourth-order valence-electron chi connectivity index (χ4n) is 6.11. The third-order valence-electron chi connectivity index (χ3n) is 8.16. The minimum Gasteiger partial charge on any atom is -0.504 e. The first-order chi connectivity index (χ1) is 17.3. The van der Waals surface area contributed by atoms with Crippen molar-refractivity contribution in [3.63, 3.8) is 0 Å². The molecule has 3 aromatic rings. The largest absolute Gasteiger partial charge is 0.504 e. The SMILES string of the molecule is CC1CC2=CCC(N(C)CCCCN(C)c3ccc(-c4cc(=O)c5ccc(O)c(O)c5o4)cc3)(C2)C1. The van der Waals surface area contributed by atoms with Crippen molar-refractivity contribution in [1.29, 1.82) is 0 Å². The predicted octanol–water partition coefficient (Wildman–Crippen LogP) is 5.91. The molecule has 1 aromatic heterocycles. The molecule has 190 valence electrons. The minimum absolute atomic E-state index is 0.00417. The Balaban J connectivity index is 1.18. The number of fused-ring (bicyclic) bond motifs is 3. The summed E-state index contributed by atoms with van der Waals surface area (Å²) in [4.78, 5) is 17.4. The van der Waals surface area contributed by atoms with Gasteiger partial charge in [-0.1, -0.05) is 18.6 Å². The van der Waals surface area contributed by atoms with Crippen LogP contribution in [0.5, 0.6) is 11.5 Å². The molecule has 5 rings (SSSR count). The molecule has 2 aromatic carbocycles. The average molecular weight is 489 g/mol. The lowest BCUT2D eigenvalue weighted by Crippen LogP contribution is -2.47. The van der Waals surface area contributed by atoms with Crippen LogP contribution in [-0.2, 0) is 0 Å². The summed E-state index contributed by atoms with van der Waals surface area (Å²) in [6, 6.07) is 12.0. The molecule has 2 atom stereocenters. The van der Waals surface area contributed by atoms with Crippen molar-refractivity contribution in [2.24, 2.45) is 5.92 Å². The van der Waals surface area contributed by atoms with Gasteiger partial charge in [0.1, 0.15) is 5.76 Å². The van der Waals surface area contributed by atoms with Gasteiger partial charge in [-0.25, -0.2) is 0 Å². The number of aromatic hydroxyl groups is 2. The van der Waals surface area contributed by atoms with Gasteiger partial charge in [-0.15, -0.1) is 0 Å². The molecule has 2 aliphatic rings. The molecule has 1 saturated carbocycles. The molecule has 0 radical (unpaired) electrons. The molecule has 2 unspecified atom stereocenters. The van der Waals surface area contributed by atoms with E-state index in [9.17, 15) is 15.0 Å². The zero-order chi connectivity index (χ0) is 25.4. The van der Waals surface area contributed by atoms with E-state index in [1.165, 1.54) is 50.3 Å². The van der Waals surface area contributed by atoms with E-state index in [1.54, 1.807) is 5.57 Å². The number of benzene rings is 2. The smallest absolute Gasteiger partial charge is 0.201 e. The molecule has 6 heteroatoms. The highest BCUT2D eigenvalue weighted by Gasteiger charge is 2.42. The van der Waals surface area contributed by atoms with E-state index in [-0.39, 0.29) is 22.1 Å². The van der Waals surface area contributed by atoms with Crippen LogP contribution in [0, 0.1) is 5.92 Å². The molecule has 2 aliphatic carbocycles. The van der Waals surface area contributed by atoms with E-state index in [4.69, 9.17) is 4.42 Å². The summed E-state index contributed by atoms with van der Waals surface area (Å²) >= 11 is 0. The van der Waals surface area contributed by atoms with Crippen LogP contribution in [0.25, 0.3) is 22.3 Å². The summed E-state index contributed by atoms with van der Waals surface area (Å²) in [5, 5.41) is 20.1. The number of anilines is 1. The summed E-state index contributed by atoms with van der Waals surface area (Å²) in [5.74, 6) is 0.412. The van der Waals surface area contributed by atoms with Crippen LogP contribution in [0.15, 0.2) is 63.3 Å². The molecule has 1 fully saturated rings. The Bertz CT molecular complexity index is 1340. The molecule has 6 nitrogen and oxygen atoms in total. The number of hydrogen-bond acceptors (Lipinski definition) is 6. The maximum atomic E-state index is 12.5. The van der Waals surface area contributed by atoms with E-state index in [0.717, 1.165) is 36.7 Å². The zero-order valence-corrected chi connectivity index (χ0v) is 21.5. The van der Waals surface area contributed by atoms with Crippen LogP contribution in [0.4, 0.5) is 5.69 Å². The Morgan fingerprint density at radius 3 is 2.58 bits per heavy atom. The van der Waals surface area contributed by atoms with Crippen molar-refractivity contribution in [1.82, 2.24) is 4.90 Å². The number of unbranched alkanes of at least 4 members (excludes halogenated alkanes) is 1. The van der Waals surface area contributed by atoms with E-state index < -0.39 is 5.75 Å². The molecule has 0 saturated heterocycles. The second-order valence-corrected chi connectivity index (χ2v) is 10.9. The molecule has 36 heavy (non-hydrogen) atoms. The molecule has 0 spiro atoms. The average Bonchev–Trinajstić information content (AvgIpc) is 3.19. The normalized spacial score (nSPS) is 21.2. The third-order valence-corrected chi connectivity index (χ3v) is 8.16. The highest BCUT2D eigenvalue weighted by Crippen LogP contribution is 2.46. The van der Waals surface area contributed by atoms with E-state index >= 15 is 0 Å². The fourth-order valence-corrected chi connectivity index (χ4v) is 6.11. The maximum absolute atomic E-state index is 12.5. The van der Waals surface area contributed by atoms with E-state index in [0.29, 0.717) is 11.3 Å². The van der Waals surface area contributed by atoms with Gasteiger partial charge in [0.15, 0.2) is 16.8 Å². The van der Waals surface area contributed by atoms with Gasteiger partial charge in [0.25, 0.3) is 0 Å². The highest BCUT2D eigenvalue weighted by atomic mass is 16.4. The standard InChI is InChI=1S/C30H36N2O4/c1-20-16-21-12-13-30(18-20,19-21)32(3)15-5-4-14-31(2)23-8-6-22(7-9-23)27-17-26(34)24-10-11-25(33)28(35)29(24)36-27/h6-12,17,20,33,35H,4-5,13-16,18-19H2,1-3H3. The first kappa shape index (κ1) is 24.4. The summed E-state index contributed by atoms with van der Waals surface area (Å²) in [7, 11) is 4.41. The van der Waals surface area contributed by atoms with Crippen LogP contribution in [0.2, 0.25) is 0 Å². The van der Waals surface area contributed by atoms with Crippen molar-refractivity contribution in [3.05, 3.63) is 64.3 Å².